The minimum absolute atomic E-state index is 0.317. The van der Waals surface area contributed by atoms with Crippen LogP contribution in [0.2, 0.25) is 0 Å². The molecule has 0 spiro atoms. The van der Waals surface area contributed by atoms with Gasteiger partial charge in [-0.1, -0.05) is 20.3 Å². The number of alkyl halides is 1. The highest BCUT2D eigenvalue weighted by molar-refractivity contribution is 7.86. The molecular weight excluding hydrogens is 296 g/mol. The summed E-state index contributed by atoms with van der Waals surface area (Å²) in [6.45, 7) is 7.05. The topological polar surface area (TPSA) is 40.6 Å². The van der Waals surface area contributed by atoms with E-state index < -0.39 is 10.2 Å². The van der Waals surface area contributed by atoms with E-state index >= 15 is 0 Å². The van der Waals surface area contributed by atoms with Crippen molar-refractivity contribution in [2.75, 3.05) is 32.1 Å². The first-order valence-corrected chi connectivity index (χ1v) is 9.65. The van der Waals surface area contributed by atoms with Crippen LogP contribution >= 0.6 is 11.6 Å². The Kier molecular flexibility index (Phi) is 5.38. The van der Waals surface area contributed by atoms with Crippen molar-refractivity contribution in [2.24, 2.45) is 11.3 Å². The van der Waals surface area contributed by atoms with Crippen molar-refractivity contribution in [3.63, 3.8) is 0 Å². The average molecular weight is 323 g/mol. The summed E-state index contributed by atoms with van der Waals surface area (Å²) < 4.78 is 28.7. The van der Waals surface area contributed by atoms with Crippen LogP contribution < -0.4 is 0 Å². The predicted molar refractivity (Wildman–Crippen MR) is 83.1 cm³/mol. The van der Waals surface area contributed by atoms with Crippen molar-refractivity contribution in [3.05, 3.63) is 0 Å². The fourth-order valence-corrected chi connectivity index (χ4v) is 5.02. The third-order valence-corrected chi connectivity index (χ3v) is 7.70. The van der Waals surface area contributed by atoms with Crippen LogP contribution in [-0.4, -0.2) is 49.1 Å². The second-order valence-electron chi connectivity index (χ2n) is 6.57. The number of hydrogen-bond donors (Lipinski definition) is 0. The third kappa shape index (κ3) is 3.49. The molecule has 0 aromatic rings. The molecule has 0 aliphatic carbocycles. The number of hydrogen-bond acceptors (Lipinski definition) is 2. The van der Waals surface area contributed by atoms with Crippen molar-refractivity contribution in [1.29, 1.82) is 0 Å². The van der Waals surface area contributed by atoms with E-state index in [1.54, 1.807) is 8.61 Å². The summed E-state index contributed by atoms with van der Waals surface area (Å²) >= 11 is 5.86. The Labute approximate surface area is 128 Å². The number of nitrogens with zero attached hydrogens (tertiary/aromatic N) is 2. The average Bonchev–Trinajstić information content (AvgIpc) is 2.48. The third-order valence-electron chi connectivity index (χ3n) is 5.23. The Morgan fingerprint density at radius 2 is 1.60 bits per heavy atom. The van der Waals surface area contributed by atoms with Crippen LogP contribution in [0, 0.1) is 11.3 Å². The molecule has 2 heterocycles. The first-order valence-electron chi connectivity index (χ1n) is 7.72. The van der Waals surface area contributed by atoms with E-state index in [1.807, 2.05) is 0 Å². The molecule has 0 radical (unpaired) electrons. The zero-order valence-corrected chi connectivity index (χ0v) is 14.2. The Bertz CT molecular complexity index is 411. The van der Waals surface area contributed by atoms with Crippen molar-refractivity contribution in [2.45, 2.75) is 46.0 Å². The van der Waals surface area contributed by atoms with Gasteiger partial charge in [-0.25, -0.2) is 0 Å². The van der Waals surface area contributed by atoms with Gasteiger partial charge in [0.15, 0.2) is 0 Å². The number of piperidine rings is 2. The van der Waals surface area contributed by atoms with Gasteiger partial charge in [0, 0.05) is 32.1 Å². The summed E-state index contributed by atoms with van der Waals surface area (Å²) in [5.41, 5.74) is 0.317. The smallest absolute Gasteiger partial charge is 0.195 e. The molecule has 0 aromatic carbocycles. The molecule has 0 amide bonds. The summed E-state index contributed by atoms with van der Waals surface area (Å²) in [7, 11) is -3.25. The van der Waals surface area contributed by atoms with Crippen molar-refractivity contribution in [3.8, 4) is 0 Å². The summed E-state index contributed by atoms with van der Waals surface area (Å²) in [5, 5.41) is 0. The van der Waals surface area contributed by atoms with Gasteiger partial charge in [-0.15, -0.1) is 11.6 Å². The molecule has 6 heteroatoms. The van der Waals surface area contributed by atoms with Crippen LogP contribution in [-0.2, 0) is 10.2 Å². The van der Waals surface area contributed by atoms with Gasteiger partial charge in [0.1, 0.15) is 0 Å². The predicted octanol–water partition coefficient (Wildman–Crippen LogP) is 2.69. The monoisotopic (exact) mass is 322 g/mol. The second-order valence-corrected chi connectivity index (χ2v) is 8.80. The highest BCUT2D eigenvalue weighted by atomic mass is 35.5. The first-order chi connectivity index (χ1) is 9.41. The maximum Gasteiger partial charge on any atom is 0.281 e. The summed E-state index contributed by atoms with van der Waals surface area (Å²) in [4.78, 5) is 0. The lowest BCUT2D eigenvalue weighted by molar-refractivity contribution is 0.159. The van der Waals surface area contributed by atoms with E-state index in [0.717, 1.165) is 32.1 Å². The van der Waals surface area contributed by atoms with Gasteiger partial charge in [0.05, 0.1) is 0 Å². The van der Waals surface area contributed by atoms with Crippen LogP contribution in [0.25, 0.3) is 0 Å². The van der Waals surface area contributed by atoms with Crippen LogP contribution in [0.5, 0.6) is 0 Å². The first kappa shape index (κ1) is 16.5. The molecule has 4 nitrogen and oxygen atoms in total. The lowest BCUT2D eigenvalue weighted by Gasteiger charge is -2.41. The maximum absolute atomic E-state index is 12.7. The largest absolute Gasteiger partial charge is 0.281 e. The van der Waals surface area contributed by atoms with Gasteiger partial charge >= 0.3 is 0 Å². The standard InChI is InChI=1S/C14H27ClN2O2S/c1-3-14(2)6-10-17(11-7-14)20(18,19)16-8-4-13(12-15)5-9-16/h13H,3-12H2,1-2H3. The number of rotatable bonds is 4. The Hall–Kier alpha value is 0.160. The molecule has 0 aromatic heterocycles. The molecule has 0 saturated carbocycles. The van der Waals surface area contributed by atoms with Crippen LogP contribution in [0.3, 0.4) is 0 Å². The lowest BCUT2D eigenvalue weighted by atomic mass is 9.79. The van der Waals surface area contributed by atoms with E-state index in [2.05, 4.69) is 13.8 Å². The van der Waals surface area contributed by atoms with Crippen LogP contribution in [0.4, 0.5) is 0 Å². The summed E-state index contributed by atoms with van der Waals surface area (Å²) in [5.74, 6) is 1.12. The quantitative estimate of drug-likeness (QED) is 0.747. The minimum Gasteiger partial charge on any atom is -0.195 e. The molecule has 0 unspecified atom stereocenters. The zero-order chi connectivity index (χ0) is 14.8. The molecule has 2 rings (SSSR count). The van der Waals surface area contributed by atoms with E-state index in [9.17, 15) is 8.42 Å². The highest BCUT2D eigenvalue weighted by Gasteiger charge is 2.37. The highest BCUT2D eigenvalue weighted by Crippen LogP contribution is 2.35. The second kappa shape index (κ2) is 6.51. The van der Waals surface area contributed by atoms with Gasteiger partial charge in [-0.3, -0.25) is 0 Å². The van der Waals surface area contributed by atoms with E-state index in [-0.39, 0.29) is 0 Å². The van der Waals surface area contributed by atoms with Gasteiger partial charge in [0.25, 0.3) is 10.2 Å². The fraction of sp³-hybridized carbons (Fsp3) is 1.00. The molecule has 0 atom stereocenters. The lowest BCUT2D eigenvalue weighted by Crippen LogP contribution is -2.50. The fourth-order valence-electron chi connectivity index (χ4n) is 3.07. The summed E-state index contributed by atoms with van der Waals surface area (Å²) in [6.07, 6.45) is 4.86. The van der Waals surface area contributed by atoms with E-state index in [4.69, 9.17) is 11.6 Å². The molecule has 0 N–H and O–H groups in total. The van der Waals surface area contributed by atoms with Gasteiger partial charge < -0.3 is 0 Å². The summed E-state index contributed by atoms with van der Waals surface area (Å²) in [6, 6.07) is 0. The van der Waals surface area contributed by atoms with Crippen LogP contribution in [0.1, 0.15) is 46.0 Å². The maximum atomic E-state index is 12.7. The molecule has 118 valence electrons. The molecule has 2 fully saturated rings. The molecule has 2 saturated heterocycles. The molecule has 2 aliphatic heterocycles. The molecule has 0 bridgehead atoms. The normalized spacial score (nSPS) is 26.8. The van der Waals surface area contributed by atoms with Gasteiger partial charge in [-0.2, -0.15) is 17.0 Å². The van der Waals surface area contributed by atoms with Crippen molar-refractivity contribution in [1.82, 2.24) is 8.61 Å². The molecule has 20 heavy (non-hydrogen) atoms. The van der Waals surface area contributed by atoms with Crippen LogP contribution in [0.15, 0.2) is 0 Å². The Morgan fingerprint density at radius 1 is 1.10 bits per heavy atom. The SMILES string of the molecule is CCC1(C)CCN(S(=O)(=O)N2CCC(CCl)CC2)CC1. The number of halogens is 1. The Balaban J connectivity index is 1.95. The molecular formula is C14H27ClN2O2S. The minimum atomic E-state index is -3.25. The van der Waals surface area contributed by atoms with Gasteiger partial charge in [0.2, 0.25) is 0 Å². The van der Waals surface area contributed by atoms with Crippen molar-refractivity contribution < 1.29 is 8.42 Å². The van der Waals surface area contributed by atoms with E-state index in [1.165, 1.54) is 0 Å². The molecule has 2 aliphatic rings. The van der Waals surface area contributed by atoms with Gasteiger partial charge in [-0.05, 0) is 37.0 Å². The van der Waals surface area contributed by atoms with Crippen molar-refractivity contribution >= 4 is 21.8 Å². The van der Waals surface area contributed by atoms with E-state index in [0.29, 0.717) is 43.4 Å². The Morgan fingerprint density at radius 3 is 2.05 bits per heavy atom. The zero-order valence-electron chi connectivity index (χ0n) is 12.6.